The van der Waals surface area contributed by atoms with Gasteiger partial charge in [0.2, 0.25) is 11.8 Å². The van der Waals surface area contributed by atoms with Crippen molar-refractivity contribution in [1.82, 2.24) is 10.2 Å². The molecule has 1 aromatic heterocycles. The van der Waals surface area contributed by atoms with Crippen molar-refractivity contribution < 1.29 is 14.0 Å². The molecule has 1 fully saturated rings. The van der Waals surface area contributed by atoms with Crippen LogP contribution in [0.15, 0.2) is 41.1 Å². The molecule has 1 aliphatic heterocycles. The fourth-order valence-electron chi connectivity index (χ4n) is 3.03. The maximum atomic E-state index is 13.2. The summed E-state index contributed by atoms with van der Waals surface area (Å²) in [5.74, 6) is -0.384. The maximum Gasteiger partial charge on any atom is 0.225 e. The van der Waals surface area contributed by atoms with E-state index in [1.807, 2.05) is 22.9 Å². The van der Waals surface area contributed by atoms with Crippen LogP contribution < -0.4 is 5.32 Å². The fourth-order valence-corrected chi connectivity index (χ4v) is 3.70. The minimum atomic E-state index is -0.270. The molecular weight excluding hydrogens is 339 g/mol. The molecule has 1 aliphatic rings. The van der Waals surface area contributed by atoms with Gasteiger partial charge in [0, 0.05) is 26.1 Å². The molecular formula is C19H21FN2O2S. The quantitative estimate of drug-likeness (QED) is 0.861. The molecule has 1 atom stereocenters. The number of rotatable bonds is 6. The van der Waals surface area contributed by atoms with Crippen molar-refractivity contribution in [3.63, 3.8) is 0 Å². The Balaban J connectivity index is 1.51. The first-order valence-electron chi connectivity index (χ1n) is 8.43. The molecule has 4 nitrogen and oxygen atoms in total. The van der Waals surface area contributed by atoms with E-state index in [-0.39, 0.29) is 23.5 Å². The van der Waals surface area contributed by atoms with Gasteiger partial charge in [0.05, 0.1) is 5.92 Å². The average Bonchev–Trinajstić information content (AvgIpc) is 3.12. The van der Waals surface area contributed by atoms with E-state index in [1.165, 1.54) is 12.1 Å². The summed E-state index contributed by atoms with van der Waals surface area (Å²) in [6.45, 7) is 1.47. The van der Waals surface area contributed by atoms with Crippen molar-refractivity contribution in [1.29, 1.82) is 0 Å². The Labute approximate surface area is 150 Å². The highest BCUT2D eigenvalue weighted by molar-refractivity contribution is 7.07. The molecule has 0 spiro atoms. The molecule has 0 bridgehead atoms. The van der Waals surface area contributed by atoms with Gasteiger partial charge in [-0.2, -0.15) is 11.3 Å². The van der Waals surface area contributed by atoms with Crippen LogP contribution in [0.25, 0.3) is 0 Å². The van der Waals surface area contributed by atoms with Gasteiger partial charge < -0.3 is 10.2 Å². The van der Waals surface area contributed by atoms with Gasteiger partial charge in [0.15, 0.2) is 0 Å². The lowest BCUT2D eigenvalue weighted by Crippen LogP contribution is -2.46. The lowest BCUT2D eigenvalue weighted by molar-refractivity contribution is -0.138. The van der Waals surface area contributed by atoms with Crippen molar-refractivity contribution in [2.45, 2.75) is 25.8 Å². The minimum Gasteiger partial charge on any atom is -0.352 e. The van der Waals surface area contributed by atoms with E-state index in [1.54, 1.807) is 22.3 Å². The zero-order chi connectivity index (χ0) is 17.6. The van der Waals surface area contributed by atoms with Gasteiger partial charge in [-0.1, -0.05) is 12.1 Å². The summed E-state index contributed by atoms with van der Waals surface area (Å²) in [7, 11) is 0. The van der Waals surface area contributed by atoms with Crippen LogP contribution in [0.1, 0.15) is 24.0 Å². The van der Waals surface area contributed by atoms with E-state index in [4.69, 9.17) is 0 Å². The smallest absolute Gasteiger partial charge is 0.225 e. The largest absolute Gasteiger partial charge is 0.352 e. The Kier molecular flexibility index (Phi) is 5.81. The highest BCUT2D eigenvalue weighted by atomic mass is 32.1. The predicted molar refractivity (Wildman–Crippen MR) is 95.6 cm³/mol. The topological polar surface area (TPSA) is 49.4 Å². The summed E-state index contributed by atoms with van der Waals surface area (Å²) in [6.07, 6.45) is 1.57. The molecule has 3 rings (SSSR count). The number of nitrogens with zero attached hydrogens (tertiary/aromatic N) is 1. The van der Waals surface area contributed by atoms with Crippen LogP contribution in [0.3, 0.4) is 0 Å². The molecule has 1 N–H and O–H groups in total. The van der Waals surface area contributed by atoms with Crippen molar-refractivity contribution in [2.24, 2.45) is 5.92 Å². The standard InChI is InChI=1S/C19H21FN2O2S/c20-17-3-1-2-14(10-17)6-8-22-12-16(4-5-18(22)23)19(24)21-11-15-7-9-25-13-15/h1-3,7,9-10,13,16H,4-6,8,11-12H2,(H,21,24). The summed E-state index contributed by atoms with van der Waals surface area (Å²) >= 11 is 1.60. The number of piperidine rings is 1. The average molecular weight is 360 g/mol. The van der Waals surface area contributed by atoms with E-state index in [9.17, 15) is 14.0 Å². The Morgan fingerprint density at radius 2 is 2.20 bits per heavy atom. The lowest BCUT2D eigenvalue weighted by atomic mass is 9.96. The molecule has 25 heavy (non-hydrogen) atoms. The fraction of sp³-hybridized carbons (Fsp3) is 0.368. The van der Waals surface area contributed by atoms with Gasteiger partial charge in [0.25, 0.3) is 0 Å². The zero-order valence-corrected chi connectivity index (χ0v) is 14.7. The summed E-state index contributed by atoms with van der Waals surface area (Å²) in [6, 6.07) is 8.40. The minimum absolute atomic E-state index is 0.00513. The third kappa shape index (κ3) is 4.89. The molecule has 132 valence electrons. The van der Waals surface area contributed by atoms with Gasteiger partial charge in [-0.15, -0.1) is 0 Å². The first-order valence-corrected chi connectivity index (χ1v) is 9.37. The highest BCUT2D eigenvalue weighted by Crippen LogP contribution is 2.19. The summed E-state index contributed by atoms with van der Waals surface area (Å²) in [5, 5.41) is 6.94. The molecule has 2 amide bonds. The summed E-state index contributed by atoms with van der Waals surface area (Å²) in [4.78, 5) is 26.2. The number of amides is 2. The number of hydrogen-bond donors (Lipinski definition) is 1. The first kappa shape index (κ1) is 17.6. The Morgan fingerprint density at radius 3 is 2.96 bits per heavy atom. The summed E-state index contributed by atoms with van der Waals surface area (Å²) < 4.78 is 13.2. The van der Waals surface area contributed by atoms with Gasteiger partial charge >= 0.3 is 0 Å². The van der Waals surface area contributed by atoms with E-state index < -0.39 is 0 Å². The number of hydrogen-bond acceptors (Lipinski definition) is 3. The van der Waals surface area contributed by atoms with Crippen LogP contribution in [0, 0.1) is 11.7 Å². The third-order valence-corrected chi connectivity index (χ3v) is 5.21. The lowest BCUT2D eigenvalue weighted by Gasteiger charge is -2.32. The number of carbonyl (C=O) groups excluding carboxylic acids is 2. The Hall–Kier alpha value is -2.21. The van der Waals surface area contributed by atoms with Crippen molar-refractivity contribution in [3.05, 3.63) is 58.0 Å². The number of carbonyl (C=O) groups is 2. The molecule has 2 aromatic rings. The van der Waals surface area contributed by atoms with Crippen LogP contribution in [-0.4, -0.2) is 29.8 Å². The van der Waals surface area contributed by atoms with E-state index in [0.29, 0.717) is 38.9 Å². The molecule has 6 heteroatoms. The highest BCUT2D eigenvalue weighted by Gasteiger charge is 2.29. The van der Waals surface area contributed by atoms with Crippen molar-refractivity contribution in [3.8, 4) is 0 Å². The van der Waals surface area contributed by atoms with Crippen LogP contribution >= 0.6 is 11.3 Å². The zero-order valence-electron chi connectivity index (χ0n) is 13.9. The van der Waals surface area contributed by atoms with Crippen LogP contribution in [-0.2, 0) is 22.6 Å². The predicted octanol–water partition coefficient (Wildman–Crippen LogP) is 2.98. The number of thiophene rings is 1. The summed E-state index contributed by atoms with van der Waals surface area (Å²) in [5.41, 5.74) is 1.95. The van der Waals surface area contributed by atoms with Gasteiger partial charge in [0.1, 0.15) is 5.82 Å². The molecule has 1 saturated heterocycles. The molecule has 1 unspecified atom stereocenters. The third-order valence-electron chi connectivity index (χ3n) is 4.48. The van der Waals surface area contributed by atoms with Gasteiger partial charge in [-0.25, -0.2) is 4.39 Å². The van der Waals surface area contributed by atoms with Crippen LogP contribution in [0.4, 0.5) is 4.39 Å². The molecule has 0 radical (unpaired) electrons. The number of halogens is 1. The van der Waals surface area contributed by atoms with E-state index in [0.717, 1.165) is 11.1 Å². The van der Waals surface area contributed by atoms with Crippen LogP contribution in [0.5, 0.6) is 0 Å². The molecule has 2 heterocycles. The monoisotopic (exact) mass is 360 g/mol. The Morgan fingerprint density at radius 1 is 1.32 bits per heavy atom. The second-order valence-electron chi connectivity index (χ2n) is 6.30. The van der Waals surface area contributed by atoms with E-state index in [2.05, 4.69) is 5.32 Å². The van der Waals surface area contributed by atoms with Crippen molar-refractivity contribution in [2.75, 3.05) is 13.1 Å². The van der Waals surface area contributed by atoms with Crippen LogP contribution in [0.2, 0.25) is 0 Å². The maximum absolute atomic E-state index is 13.2. The first-order chi connectivity index (χ1) is 12.1. The van der Waals surface area contributed by atoms with Crippen molar-refractivity contribution >= 4 is 23.2 Å². The number of benzene rings is 1. The van der Waals surface area contributed by atoms with E-state index >= 15 is 0 Å². The molecule has 0 saturated carbocycles. The number of likely N-dealkylation sites (tertiary alicyclic amines) is 1. The normalized spacial score (nSPS) is 17.6. The molecule has 1 aromatic carbocycles. The molecule has 0 aliphatic carbocycles. The van der Waals surface area contributed by atoms with Gasteiger partial charge in [-0.3, -0.25) is 9.59 Å². The SMILES string of the molecule is O=C(NCc1ccsc1)C1CCC(=O)N(CCc2cccc(F)c2)C1. The number of nitrogens with one attached hydrogen (secondary N) is 1. The second-order valence-corrected chi connectivity index (χ2v) is 7.08. The van der Waals surface area contributed by atoms with Gasteiger partial charge in [-0.05, 0) is 52.9 Å². The second kappa shape index (κ2) is 8.25. The Bertz CT molecular complexity index is 733.